The first kappa shape index (κ1) is 29.8. The molecule has 1 aliphatic rings. The van der Waals surface area contributed by atoms with Crippen LogP contribution in [0.5, 0.6) is 5.75 Å². The molecule has 0 spiro atoms. The zero-order valence-electron chi connectivity index (χ0n) is 25.4. The van der Waals surface area contributed by atoms with Crippen LogP contribution in [-0.4, -0.2) is 39.7 Å². The van der Waals surface area contributed by atoms with Crippen LogP contribution in [0.2, 0.25) is 0 Å². The fourth-order valence-corrected chi connectivity index (χ4v) is 6.14. The van der Waals surface area contributed by atoms with Crippen molar-refractivity contribution in [3.05, 3.63) is 113 Å². The van der Waals surface area contributed by atoms with Gasteiger partial charge < -0.3 is 15.4 Å². The van der Waals surface area contributed by atoms with E-state index < -0.39 is 6.04 Å². The lowest BCUT2D eigenvalue weighted by molar-refractivity contribution is 0.102. The molecule has 4 aromatic carbocycles. The first-order valence-corrected chi connectivity index (χ1v) is 15.4. The highest BCUT2D eigenvalue weighted by Crippen LogP contribution is 2.34. The molecule has 3 amide bonds. The summed E-state index contributed by atoms with van der Waals surface area (Å²) in [7, 11) is 1.66. The third-order valence-corrected chi connectivity index (χ3v) is 8.63. The van der Waals surface area contributed by atoms with Gasteiger partial charge in [-0.15, -0.1) is 5.10 Å². The Hall–Kier alpha value is -5.25. The molecule has 2 unspecified atom stereocenters. The number of hydrogen-bond donors (Lipinski definition) is 4. The molecular formula is C35H37N7O3. The Morgan fingerprint density at radius 3 is 2.27 bits per heavy atom. The molecule has 45 heavy (non-hydrogen) atoms. The average Bonchev–Trinajstić information content (AvgIpc) is 3.60. The SMILES string of the molecule is COc1cccc2cc(C(C)NC(=O)NC(c3ccc(C(=O)Nc4nn[nH]n4)cc3)c3ccc(C4CCCCC4)cc3)ccc12. The predicted molar refractivity (Wildman–Crippen MR) is 173 cm³/mol. The summed E-state index contributed by atoms with van der Waals surface area (Å²) < 4.78 is 5.49. The number of nitrogens with one attached hydrogen (secondary N) is 4. The second-order valence-corrected chi connectivity index (χ2v) is 11.5. The standard InChI is InChI=1S/C35H37N7O3/c1-22(28-19-20-30-29(21-28)9-6-10-31(30)45-2)36-35(44)37-32(25-13-11-24(12-14-25)23-7-4-3-5-8-23)26-15-17-27(18-16-26)33(43)38-34-39-41-42-40-34/h6,9-23,32H,3-5,7-8H2,1-2H3,(H2,36,37,44)(H2,38,39,40,41,42,43). The lowest BCUT2D eigenvalue weighted by atomic mass is 9.83. The summed E-state index contributed by atoms with van der Waals surface area (Å²) in [6.45, 7) is 1.96. The van der Waals surface area contributed by atoms with Crippen LogP contribution in [0.15, 0.2) is 84.9 Å². The van der Waals surface area contributed by atoms with Gasteiger partial charge in [-0.25, -0.2) is 4.79 Å². The first-order chi connectivity index (χ1) is 22.0. The van der Waals surface area contributed by atoms with Crippen molar-refractivity contribution >= 4 is 28.7 Å². The van der Waals surface area contributed by atoms with E-state index in [0.29, 0.717) is 11.5 Å². The number of urea groups is 1. The molecule has 10 heteroatoms. The minimum absolute atomic E-state index is 0.0954. The van der Waals surface area contributed by atoms with Crippen molar-refractivity contribution in [2.45, 2.75) is 57.0 Å². The summed E-state index contributed by atoms with van der Waals surface area (Å²) >= 11 is 0. The number of H-pyrrole nitrogens is 1. The maximum Gasteiger partial charge on any atom is 0.316 e. The Kier molecular flexibility index (Phi) is 9.00. The number of nitrogens with zero attached hydrogens (tertiary/aromatic N) is 3. The number of rotatable bonds is 9. The van der Waals surface area contributed by atoms with Crippen molar-refractivity contribution in [2.75, 3.05) is 12.4 Å². The van der Waals surface area contributed by atoms with E-state index >= 15 is 0 Å². The summed E-state index contributed by atoms with van der Waals surface area (Å²) in [5, 5.41) is 24.3. The van der Waals surface area contributed by atoms with Gasteiger partial charge in [0, 0.05) is 10.9 Å². The molecule has 1 saturated carbocycles. The molecule has 5 aromatic rings. The number of carbonyl (C=O) groups is 2. The number of methoxy groups -OCH3 is 1. The molecule has 0 bridgehead atoms. The highest BCUT2D eigenvalue weighted by Gasteiger charge is 2.21. The number of fused-ring (bicyclic) bond motifs is 1. The van der Waals surface area contributed by atoms with Crippen LogP contribution in [0.4, 0.5) is 10.7 Å². The lowest BCUT2D eigenvalue weighted by Crippen LogP contribution is -2.39. The van der Waals surface area contributed by atoms with Gasteiger partial charge in [-0.1, -0.05) is 85.0 Å². The smallest absolute Gasteiger partial charge is 0.316 e. The molecule has 1 fully saturated rings. The largest absolute Gasteiger partial charge is 0.496 e. The van der Waals surface area contributed by atoms with Crippen LogP contribution < -0.4 is 20.7 Å². The Bertz CT molecular complexity index is 1750. The van der Waals surface area contributed by atoms with E-state index in [1.807, 2.05) is 49.4 Å². The van der Waals surface area contributed by atoms with Crippen LogP contribution in [0.3, 0.4) is 0 Å². The third kappa shape index (κ3) is 6.95. The van der Waals surface area contributed by atoms with Crippen molar-refractivity contribution < 1.29 is 14.3 Å². The van der Waals surface area contributed by atoms with E-state index in [-0.39, 0.29) is 23.9 Å². The van der Waals surface area contributed by atoms with Crippen LogP contribution in [-0.2, 0) is 0 Å². The van der Waals surface area contributed by atoms with Crippen LogP contribution in [0, 0.1) is 0 Å². The lowest BCUT2D eigenvalue weighted by Gasteiger charge is -2.25. The number of hydrogen-bond acceptors (Lipinski definition) is 6. The third-order valence-electron chi connectivity index (χ3n) is 8.63. The summed E-state index contributed by atoms with van der Waals surface area (Å²) in [6, 6.07) is 26.8. The zero-order chi connectivity index (χ0) is 31.2. The molecule has 1 heterocycles. The quantitative estimate of drug-likeness (QED) is 0.146. The van der Waals surface area contributed by atoms with E-state index in [1.165, 1.54) is 37.7 Å². The molecule has 6 rings (SSSR count). The Labute approximate surface area is 262 Å². The Morgan fingerprint density at radius 1 is 0.867 bits per heavy atom. The Morgan fingerprint density at radius 2 is 1.58 bits per heavy atom. The minimum atomic E-state index is -0.437. The second-order valence-electron chi connectivity index (χ2n) is 11.5. The Balaban J connectivity index is 1.21. The van der Waals surface area contributed by atoms with Crippen molar-refractivity contribution in [1.82, 2.24) is 31.3 Å². The van der Waals surface area contributed by atoms with Gasteiger partial charge in [0.1, 0.15) is 5.75 Å². The van der Waals surface area contributed by atoms with Crippen LogP contribution in [0.25, 0.3) is 10.8 Å². The molecular weight excluding hydrogens is 566 g/mol. The van der Waals surface area contributed by atoms with E-state index in [4.69, 9.17) is 4.74 Å². The molecule has 0 radical (unpaired) electrons. The highest BCUT2D eigenvalue weighted by molar-refractivity contribution is 6.03. The van der Waals surface area contributed by atoms with Crippen molar-refractivity contribution in [2.24, 2.45) is 0 Å². The number of carbonyl (C=O) groups excluding carboxylic acids is 2. The zero-order valence-corrected chi connectivity index (χ0v) is 25.4. The number of amides is 3. The number of tetrazole rings is 1. The van der Waals surface area contributed by atoms with Gasteiger partial charge in [-0.05, 0) is 82.8 Å². The minimum Gasteiger partial charge on any atom is -0.496 e. The summed E-state index contributed by atoms with van der Waals surface area (Å²) in [4.78, 5) is 26.2. The maximum absolute atomic E-state index is 13.5. The van der Waals surface area contributed by atoms with Gasteiger partial charge in [-0.3, -0.25) is 10.1 Å². The number of aromatic nitrogens is 4. The van der Waals surface area contributed by atoms with E-state index in [0.717, 1.165) is 33.2 Å². The van der Waals surface area contributed by atoms with Crippen molar-refractivity contribution in [3.8, 4) is 5.75 Å². The van der Waals surface area contributed by atoms with Crippen LogP contribution in [0.1, 0.15) is 89.6 Å². The fourth-order valence-electron chi connectivity index (χ4n) is 6.14. The van der Waals surface area contributed by atoms with E-state index in [1.54, 1.807) is 19.2 Å². The fraction of sp³-hybridized carbons (Fsp3) is 0.286. The number of benzene rings is 4. The van der Waals surface area contributed by atoms with Gasteiger partial charge in [0.05, 0.1) is 19.2 Å². The van der Waals surface area contributed by atoms with Crippen molar-refractivity contribution in [1.29, 1.82) is 0 Å². The van der Waals surface area contributed by atoms with Gasteiger partial charge >= 0.3 is 6.03 Å². The average molecular weight is 604 g/mol. The first-order valence-electron chi connectivity index (χ1n) is 15.4. The van der Waals surface area contributed by atoms with Gasteiger partial charge in [0.15, 0.2) is 0 Å². The highest BCUT2D eigenvalue weighted by atomic mass is 16.5. The van der Waals surface area contributed by atoms with Gasteiger partial charge in [-0.2, -0.15) is 5.21 Å². The van der Waals surface area contributed by atoms with Crippen molar-refractivity contribution in [3.63, 3.8) is 0 Å². The second kappa shape index (κ2) is 13.6. The molecule has 1 aliphatic carbocycles. The molecule has 230 valence electrons. The number of ether oxygens (including phenoxy) is 1. The monoisotopic (exact) mass is 603 g/mol. The predicted octanol–water partition coefficient (Wildman–Crippen LogP) is 6.81. The molecule has 4 N–H and O–H groups in total. The number of anilines is 1. The maximum atomic E-state index is 13.5. The van der Waals surface area contributed by atoms with E-state index in [2.05, 4.69) is 66.9 Å². The van der Waals surface area contributed by atoms with Crippen LogP contribution >= 0.6 is 0 Å². The number of aromatic amines is 1. The van der Waals surface area contributed by atoms with Gasteiger partial charge in [0.25, 0.3) is 11.9 Å². The topological polar surface area (TPSA) is 134 Å². The normalized spacial score (nSPS) is 14.8. The van der Waals surface area contributed by atoms with Gasteiger partial charge in [0.2, 0.25) is 0 Å². The summed E-state index contributed by atoms with van der Waals surface area (Å²) in [5.74, 6) is 1.14. The molecule has 10 nitrogen and oxygen atoms in total. The molecule has 0 aliphatic heterocycles. The van der Waals surface area contributed by atoms with E-state index in [9.17, 15) is 9.59 Å². The molecule has 1 aromatic heterocycles. The molecule has 2 atom stereocenters. The molecule has 0 saturated heterocycles. The summed E-state index contributed by atoms with van der Waals surface area (Å²) in [6.07, 6.45) is 6.29. The summed E-state index contributed by atoms with van der Waals surface area (Å²) in [5.41, 5.74) is 4.56.